The molecule has 0 unspecified atom stereocenters. The van der Waals surface area contributed by atoms with E-state index in [1.165, 1.54) is 0 Å². The molecule has 31 heavy (non-hydrogen) atoms. The molecule has 3 N–H and O–H groups in total. The minimum Gasteiger partial charge on any atom is -0.491 e. The number of fused-ring (bicyclic) bond motifs is 1. The minimum atomic E-state index is 0.108. The summed E-state index contributed by atoms with van der Waals surface area (Å²) in [5.41, 5.74) is 8.02. The molecule has 0 amide bonds. The van der Waals surface area contributed by atoms with E-state index in [1.54, 1.807) is 0 Å². The number of nitrogens with one attached hydrogen (secondary N) is 1. The van der Waals surface area contributed by atoms with Crippen molar-refractivity contribution in [2.24, 2.45) is 5.73 Å². The quantitative estimate of drug-likeness (QED) is 0.501. The Hall–Kier alpha value is -2.63. The topological polar surface area (TPSA) is 73.1 Å². The Bertz CT molecular complexity index is 1060. The molecule has 0 spiro atoms. The fourth-order valence-corrected chi connectivity index (χ4v) is 3.98. The van der Waals surface area contributed by atoms with Crippen LogP contribution in [0.1, 0.15) is 50.9 Å². The van der Waals surface area contributed by atoms with E-state index in [1.807, 2.05) is 68.5 Å². The number of hydrogen-bond acceptors (Lipinski definition) is 5. The molecule has 1 fully saturated rings. The second kappa shape index (κ2) is 9.67. The first-order valence-corrected chi connectivity index (χ1v) is 11.3. The van der Waals surface area contributed by atoms with Crippen LogP contribution in [0, 0.1) is 0 Å². The summed E-state index contributed by atoms with van der Waals surface area (Å²) in [6.45, 7) is 4.05. The Labute approximate surface area is 188 Å². The third-order valence-corrected chi connectivity index (χ3v) is 5.72. The number of nitrogens with zero attached hydrogens (tertiary/aromatic N) is 2. The highest BCUT2D eigenvalue weighted by molar-refractivity contribution is 6.30. The van der Waals surface area contributed by atoms with Crippen LogP contribution in [0.15, 0.2) is 42.5 Å². The lowest BCUT2D eigenvalue weighted by molar-refractivity contribution is 0.243. The normalized spacial score (nSPS) is 19.3. The van der Waals surface area contributed by atoms with E-state index in [0.717, 1.165) is 58.7 Å². The first kappa shape index (κ1) is 21.6. The van der Waals surface area contributed by atoms with Crippen LogP contribution in [0.5, 0.6) is 5.75 Å². The summed E-state index contributed by atoms with van der Waals surface area (Å²) in [4.78, 5) is 9.60. The Morgan fingerprint density at radius 1 is 1.03 bits per heavy atom. The van der Waals surface area contributed by atoms with Gasteiger partial charge in [0, 0.05) is 22.5 Å². The van der Waals surface area contributed by atoms with Crippen molar-refractivity contribution in [3.05, 3.63) is 58.9 Å². The van der Waals surface area contributed by atoms with Gasteiger partial charge in [-0.1, -0.05) is 29.8 Å². The lowest BCUT2D eigenvalue weighted by Crippen LogP contribution is -2.33. The van der Waals surface area contributed by atoms with Crippen LogP contribution in [-0.4, -0.2) is 28.2 Å². The van der Waals surface area contributed by atoms with Gasteiger partial charge in [0.15, 0.2) is 5.82 Å². The first-order valence-electron chi connectivity index (χ1n) is 10.9. The molecule has 162 valence electrons. The van der Waals surface area contributed by atoms with Gasteiger partial charge in [0.05, 0.1) is 11.6 Å². The third kappa shape index (κ3) is 5.75. The summed E-state index contributed by atoms with van der Waals surface area (Å²) in [5.74, 6) is 2.33. The zero-order valence-electron chi connectivity index (χ0n) is 18.0. The van der Waals surface area contributed by atoms with E-state index in [4.69, 9.17) is 32.0 Å². The van der Waals surface area contributed by atoms with Gasteiger partial charge >= 0.3 is 0 Å². The van der Waals surface area contributed by atoms with E-state index in [-0.39, 0.29) is 6.10 Å². The summed E-state index contributed by atoms with van der Waals surface area (Å²) in [5, 5.41) is 5.35. The van der Waals surface area contributed by atoms with Crippen LogP contribution in [-0.2, 0) is 0 Å². The highest BCUT2D eigenvalue weighted by Crippen LogP contribution is 2.29. The van der Waals surface area contributed by atoms with Crippen LogP contribution in [0.3, 0.4) is 0 Å². The molecule has 0 bridgehead atoms. The van der Waals surface area contributed by atoms with Gasteiger partial charge in [0.2, 0.25) is 0 Å². The number of rotatable bonds is 6. The third-order valence-electron chi connectivity index (χ3n) is 5.46. The number of hydrogen-bond donors (Lipinski definition) is 2. The number of halogens is 1. The van der Waals surface area contributed by atoms with Crippen LogP contribution in [0.2, 0.25) is 5.02 Å². The van der Waals surface area contributed by atoms with Crippen molar-refractivity contribution in [1.82, 2.24) is 9.97 Å². The number of ether oxygens (including phenoxy) is 1. The zero-order valence-corrected chi connectivity index (χ0v) is 18.8. The van der Waals surface area contributed by atoms with Gasteiger partial charge in [-0.15, -0.1) is 0 Å². The van der Waals surface area contributed by atoms with Gasteiger partial charge in [0.25, 0.3) is 0 Å². The van der Waals surface area contributed by atoms with Crippen molar-refractivity contribution in [2.45, 2.75) is 57.7 Å². The minimum absolute atomic E-state index is 0.108. The summed E-state index contributed by atoms with van der Waals surface area (Å²) >= 11 is 5.99. The fourth-order valence-electron chi connectivity index (χ4n) is 3.86. The maximum Gasteiger partial charge on any atom is 0.154 e. The van der Waals surface area contributed by atoms with Gasteiger partial charge in [-0.05, 0) is 81.5 Å². The zero-order chi connectivity index (χ0) is 21.8. The molecule has 0 radical (unpaired) electrons. The molecule has 1 saturated carbocycles. The highest BCUT2D eigenvalue weighted by atomic mass is 35.5. The van der Waals surface area contributed by atoms with Crippen molar-refractivity contribution in [2.75, 3.05) is 5.32 Å². The van der Waals surface area contributed by atoms with Crippen molar-refractivity contribution in [3.8, 4) is 5.75 Å². The van der Waals surface area contributed by atoms with E-state index in [2.05, 4.69) is 5.32 Å². The molecule has 0 aliphatic heterocycles. The second-order valence-corrected chi connectivity index (χ2v) is 8.85. The smallest absolute Gasteiger partial charge is 0.154 e. The van der Waals surface area contributed by atoms with Crippen LogP contribution in [0.4, 0.5) is 5.82 Å². The molecule has 1 heterocycles. The van der Waals surface area contributed by atoms with Gasteiger partial charge in [-0.2, -0.15) is 0 Å². The number of anilines is 1. The van der Waals surface area contributed by atoms with Gasteiger partial charge in [-0.25, -0.2) is 9.97 Å². The Kier molecular flexibility index (Phi) is 6.73. The Morgan fingerprint density at radius 3 is 2.48 bits per heavy atom. The summed E-state index contributed by atoms with van der Waals surface area (Å²) < 4.78 is 5.90. The van der Waals surface area contributed by atoms with Crippen LogP contribution >= 0.6 is 11.6 Å². The van der Waals surface area contributed by atoms with Crippen LogP contribution < -0.4 is 15.8 Å². The van der Waals surface area contributed by atoms with Crippen molar-refractivity contribution in [1.29, 1.82) is 0 Å². The van der Waals surface area contributed by atoms with Crippen molar-refractivity contribution < 1.29 is 4.74 Å². The maximum atomic E-state index is 6.09. The van der Waals surface area contributed by atoms with E-state index in [9.17, 15) is 0 Å². The summed E-state index contributed by atoms with van der Waals surface area (Å²) in [7, 11) is 0. The number of benzene rings is 2. The van der Waals surface area contributed by atoms with Gasteiger partial charge in [0.1, 0.15) is 11.6 Å². The molecule has 4 rings (SSSR count). The molecule has 1 aliphatic carbocycles. The van der Waals surface area contributed by atoms with E-state index in [0.29, 0.717) is 17.9 Å². The molecular formula is C25H29ClN4O. The van der Waals surface area contributed by atoms with Crippen LogP contribution in [0.25, 0.3) is 23.1 Å². The Morgan fingerprint density at radius 2 is 1.77 bits per heavy atom. The second-order valence-electron chi connectivity index (χ2n) is 8.42. The van der Waals surface area contributed by atoms with Gasteiger partial charge < -0.3 is 15.8 Å². The monoisotopic (exact) mass is 436 g/mol. The largest absolute Gasteiger partial charge is 0.491 e. The highest BCUT2D eigenvalue weighted by Gasteiger charge is 2.20. The lowest BCUT2D eigenvalue weighted by atomic mass is 9.92. The Balaban J connectivity index is 1.67. The molecule has 0 atom stereocenters. The van der Waals surface area contributed by atoms with Crippen molar-refractivity contribution in [3.63, 3.8) is 0 Å². The number of nitrogens with two attached hydrogens (primary N) is 1. The summed E-state index contributed by atoms with van der Waals surface area (Å²) in [6, 6.07) is 14.4. The fraction of sp³-hybridized carbons (Fsp3) is 0.360. The lowest BCUT2D eigenvalue weighted by Gasteiger charge is -2.27. The first-order chi connectivity index (χ1) is 15.0. The molecular weight excluding hydrogens is 408 g/mol. The standard InChI is InChI=1S/C25H29ClN4O/c1-16(2)31-21-12-13-23-22(15-21)25(28-20-10-8-19(27)9-11-20)30-24(29-23)14-5-17-3-6-18(26)7-4-17/h3-7,12-16,19-20H,8-11,27H2,1-2H3,(H,28,29,30). The molecule has 0 saturated heterocycles. The average molecular weight is 437 g/mol. The predicted octanol–water partition coefficient (Wildman–Crippen LogP) is 5.92. The predicted molar refractivity (Wildman–Crippen MR) is 130 cm³/mol. The van der Waals surface area contributed by atoms with Crippen molar-refractivity contribution >= 4 is 40.5 Å². The number of aromatic nitrogens is 2. The maximum absolute atomic E-state index is 6.09. The molecule has 2 aromatic carbocycles. The van der Waals surface area contributed by atoms with Gasteiger partial charge in [-0.3, -0.25) is 0 Å². The molecule has 5 nitrogen and oxygen atoms in total. The molecule has 1 aromatic heterocycles. The van der Waals surface area contributed by atoms with E-state index < -0.39 is 0 Å². The van der Waals surface area contributed by atoms with E-state index >= 15 is 0 Å². The average Bonchev–Trinajstić information content (AvgIpc) is 2.75. The molecule has 1 aliphatic rings. The SMILES string of the molecule is CC(C)Oc1ccc2nc(C=Cc3ccc(Cl)cc3)nc(NC3CCC(N)CC3)c2c1. The molecule has 6 heteroatoms. The summed E-state index contributed by atoms with van der Waals surface area (Å²) in [6.07, 6.45) is 8.20. The molecule has 3 aromatic rings.